The van der Waals surface area contributed by atoms with E-state index in [2.05, 4.69) is 21.1 Å². The van der Waals surface area contributed by atoms with Gasteiger partial charge in [-0.2, -0.15) is 4.98 Å². The van der Waals surface area contributed by atoms with Crippen LogP contribution in [0.15, 0.2) is 52.4 Å². The average Bonchev–Trinajstić information content (AvgIpc) is 3.38. The topological polar surface area (TPSA) is 62.5 Å². The molecule has 28 heavy (non-hydrogen) atoms. The second-order valence-corrected chi connectivity index (χ2v) is 7.79. The first-order valence-corrected chi connectivity index (χ1v) is 10.2. The van der Waals surface area contributed by atoms with Crippen molar-refractivity contribution in [1.29, 1.82) is 0 Å². The first-order chi connectivity index (χ1) is 13.7. The fourth-order valence-corrected chi connectivity index (χ4v) is 3.84. The van der Waals surface area contributed by atoms with Crippen LogP contribution in [-0.4, -0.2) is 52.0 Å². The number of aryl methyl sites for hydroxylation is 1. The summed E-state index contributed by atoms with van der Waals surface area (Å²) in [5.74, 6) is 1.31. The molecule has 6 nitrogen and oxygen atoms in total. The lowest BCUT2D eigenvalue weighted by Crippen LogP contribution is -2.47. The Morgan fingerprint density at radius 3 is 2.82 bits per heavy atom. The number of rotatable bonds is 5. The van der Waals surface area contributed by atoms with Crippen LogP contribution < -0.4 is 0 Å². The summed E-state index contributed by atoms with van der Waals surface area (Å²) in [6.07, 6.45) is 3.54. The molecule has 0 N–H and O–H groups in total. The third kappa shape index (κ3) is 4.55. The Bertz CT molecular complexity index is 956. The van der Waals surface area contributed by atoms with Crippen LogP contribution in [0.2, 0.25) is 0 Å². The van der Waals surface area contributed by atoms with Gasteiger partial charge in [0.1, 0.15) is 0 Å². The highest BCUT2D eigenvalue weighted by Gasteiger charge is 2.21. The van der Waals surface area contributed by atoms with Crippen LogP contribution in [0.3, 0.4) is 0 Å². The molecule has 0 bridgehead atoms. The molecule has 0 saturated carbocycles. The number of benzene rings is 1. The number of nitrogens with zero attached hydrogens (tertiary/aromatic N) is 4. The van der Waals surface area contributed by atoms with Crippen molar-refractivity contribution in [2.75, 3.05) is 26.2 Å². The first-order valence-electron chi connectivity index (χ1n) is 9.30. The molecule has 144 valence electrons. The van der Waals surface area contributed by atoms with Gasteiger partial charge in [0.2, 0.25) is 17.6 Å². The first kappa shape index (κ1) is 18.6. The van der Waals surface area contributed by atoms with Gasteiger partial charge in [-0.15, -0.1) is 11.3 Å². The molecule has 4 rings (SSSR count). The lowest BCUT2D eigenvalue weighted by Gasteiger charge is -2.33. The number of thiophene rings is 1. The van der Waals surface area contributed by atoms with Crippen molar-refractivity contribution in [2.45, 2.75) is 13.5 Å². The Morgan fingerprint density at radius 2 is 2.07 bits per heavy atom. The highest BCUT2D eigenvalue weighted by Crippen LogP contribution is 2.21. The zero-order valence-corrected chi connectivity index (χ0v) is 16.6. The van der Waals surface area contributed by atoms with E-state index in [1.807, 2.05) is 53.6 Å². The smallest absolute Gasteiger partial charge is 0.246 e. The number of amides is 1. The molecule has 1 aromatic carbocycles. The fraction of sp³-hybridized carbons (Fsp3) is 0.286. The zero-order chi connectivity index (χ0) is 19.3. The molecule has 3 aromatic rings. The van der Waals surface area contributed by atoms with Crippen LogP contribution in [0.25, 0.3) is 16.8 Å². The summed E-state index contributed by atoms with van der Waals surface area (Å²) < 4.78 is 5.37. The van der Waals surface area contributed by atoms with E-state index >= 15 is 0 Å². The maximum atomic E-state index is 12.4. The van der Waals surface area contributed by atoms with Gasteiger partial charge in [-0.1, -0.05) is 41.1 Å². The van der Waals surface area contributed by atoms with Gasteiger partial charge in [-0.25, -0.2) is 0 Å². The van der Waals surface area contributed by atoms with Crippen molar-refractivity contribution in [1.82, 2.24) is 19.9 Å². The molecule has 1 fully saturated rings. The van der Waals surface area contributed by atoms with Crippen LogP contribution in [-0.2, 0) is 11.3 Å². The SMILES string of the molecule is Cc1cccc(/C=C/C(=O)N2CCN(Cc3nc(-c4cccs4)no3)CC2)c1. The Morgan fingerprint density at radius 1 is 1.21 bits per heavy atom. The largest absolute Gasteiger partial charge is 0.338 e. The Balaban J connectivity index is 1.28. The van der Waals surface area contributed by atoms with Crippen molar-refractivity contribution < 1.29 is 9.32 Å². The maximum absolute atomic E-state index is 12.4. The summed E-state index contributed by atoms with van der Waals surface area (Å²) in [4.78, 5) is 22.0. The molecule has 1 saturated heterocycles. The minimum absolute atomic E-state index is 0.0546. The van der Waals surface area contributed by atoms with Gasteiger partial charge in [0.05, 0.1) is 11.4 Å². The van der Waals surface area contributed by atoms with E-state index in [9.17, 15) is 4.79 Å². The van der Waals surface area contributed by atoms with Gasteiger partial charge < -0.3 is 9.42 Å². The number of hydrogen-bond acceptors (Lipinski definition) is 6. The monoisotopic (exact) mass is 394 g/mol. The van der Waals surface area contributed by atoms with Crippen LogP contribution in [0.5, 0.6) is 0 Å². The van der Waals surface area contributed by atoms with Gasteiger partial charge >= 0.3 is 0 Å². The van der Waals surface area contributed by atoms with Gasteiger partial charge in [0.25, 0.3) is 0 Å². The lowest BCUT2D eigenvalue weighted by molar-refractivity contribution is -0.127. The van der Waals surface area contributed by atoms with Crippen LogP contribution in [0, 0.1) is 6.92 Å². The molecule has 3 heterocycles. The Labute approximate surface area is 168 Å². The lowest BCUT2D eigenvalue weighted by atomic mass is 10.1. The summed E-state index contributed by atoms with van der Waals surface area (Å²) >= 11 is 1.59. The molecule has 0 radical (unpaired) electrons. The third-order valence-electron chi connectivity index (χ3n) is 4.71. The van der Waals surface area contributed by atoms with Crippen LogP contribution >= 0.6 is 11.3 Å². The second-order valence-electron chi connectivity index (χ2n) is 6.84. The highest BCUT2D eigenvalue weighted by atomic mass is 32.1. The maximum Gasteiger partial charge on any atom is 0.246 e. The second kappa shape index (κ2) is 8.50. The molecule has 0 atom stereocenters. The van der Waals surface area contributed by atoms with Crippen molar-refractivity contribution in [3.8, 4) is 10.7 Å². The van der Waals surface area contributed by atoms with Crippen molar-refractivity contribution in [3.63, 3.8) is 0 Å². The van der Waals surface area contributed by atoms with E-state index in [0.29, 0.717) is 31.3 Å². The van der Waals surface area contributed by atoms with E-state index in [1.165, 1.54) is 5.56 Å². The summed E-state index contributed by atoms with van der Waals surface area (Å²) in [6.45, 7) is 5.64. The standard InChI is InChI=1S/C21H22N4O2S/c1-16-4-2-5-17(14-16)7-8-20(26)25-11-9-24(10-12-25)15-19-22-21(23-27-19)18-6-3-13-28-18/h2-8,13-14H,9-12,15H2,1H3/b8-7+. The highest BCUT2D eigenvalue weighted by molar-refractivity contribution is 7.13. The number of carbonyl (C=O) groups excluding carboxylic acids is 1. The van der Waals surface area contributed by atoms with E-state index in [1.54, 1.807) is 17.4 Å². The molecule has 1 aliphatic heterocycles. The third-order valence-corrected chi connectivity index (χ3v) is 5.58. The number of carbonyl (C=O) groups is 1. The average molecular weight is 395 g/mol. The van der Waals surface area contributed by atoms with Crippen LogP contribution in [0.4, 0.5) is 0 Å². The zero-order valence-electron chi connectivity index (χ0n) is 15.7. The molecule has 1 aliphatic rings. The molecule has 0 aliphatic carbocycles. The molecule has 2 aromatic heterocycles. The van der Waals surface area contributed by atoms with Crippen LogP contribution in [0.1, 0.15) is 17.0 Å². The van der Waals surface area contributed by atoms with Gasteiger partial charge in [-0.05, 0) is 30.0 Å². The summed E-state index contributed by atoms with van der Waals surface area (Å²) in [7, 11) is 0. The summed E-state index contributed by atoms with van der Waals surface area (Å²) in [5, 5.41) is 6.05. The number of aromatic nitrogens is 2. The predicted octanol–water partition coefficient (Wildman–Crippen LogP) is 3.46. The minimum Gasteiger partial charge on any atom is -0.338 e. The summed E-state index contributed by atoms with van der Waals surface area (Å²) in [5.41, 5.74) is 2.23. The Hall–Kier alpha value is -2.77. The quantitative estimate of drug-likeness (QED) is 0.620. The van der Waals surface area contributed by atoms with Crippen molar-refractivity contribution >= 4 is 23.3 Å². The molecule has 7 heteroatoms. The molecule has 1 amide bonds. The number of piperazine rings is 1. The predicted molar refractivity (Wildman–Crippen MR) is 110 cm³/mol. The van der Waals surface area contributed by atoms with E-state index in [0.717, 1.165) is 23.5 Å². The summed E-state index contributed by atoms with van der Waals surface area (Å²) in [6, 6.07) is 12.1. The molecular formula is C21H22N4O2S. The van der Waals surface area contributed by atoms with E-state index in [4.69, 9.17) is 4.52 Å². The normalized spacial score (nSPS) is 15.4. The van der Waals surface area contributed by atoms with E-state index < -0.39 is 0 Å². The van der Waals surface area contributed by atoms with E-state index in [-0.39, 0.29) is 5.91 Å². The van der Waals surface area contributed by atoms with Gasteiger partial charge in [0.15, 0.2) is 0 Å². The van der Waals surface area contributed by atoms with Gasteiger partial charge in [-0.3, -0.25) is 9.69 Å². The Kier molecular flexibility index (Phi) is 5.64. The molecule has 0 spiro atoms. The fourth-order valence-electron chi connectivity index (χ4n) is 3.19. The van der Waals surface area contributed by atoms with Crippen molar-refractivity contribution in [2.24, 2.45) is 0 Å². The minimum atomic E-state index is 0.0546. The molecule has 0 unspecified atom stereocenters. The molecular weight excluding hydrogens is 372 g/mol. The number of hydrogen-bond donors (Lipinski definition) is 0. The van der Waals surface area contributed by atoms with Crippen molar-refractivity contribution in [3.05, 3.63) is 64.9 Å². The van der Waals surface area contributed by atoms with Gasteiger partial charge in [0, 0.05) is 32.3 Å².